The number of hydrogen-bond donors (Lipinski definition) is 0. The van der Waals surface area contributed by atoms with E-state index in [0.717, 1.165) is 29.4 Å². The summed E-state index contributed by atoms with van der Waals surface area (Å²) in [5.41, 5.74) is 3.12. The van der Waals surface area contributed by atoms with Crippen LogP contribution in [0.5, 0.6) is 0 Å². The zero-order valence-corrected chi connectivity index (χ0v) is 9.26. The van der Waals surface area contributed by atoms with Crippen LogP contribution >= 0.6 is 0 Å². The van der Waals surface area contributed by atoms with Crippen molar-refractivity contribution < 1.29 is 4.79 Å². The molecule has 0 fully saturated rings. The Morgan fingerprint density at radius 1 is 1.64 bits per heavy atom. The normalized spacial score (nSPS) is 25.5. The molecule has 76 valence electrons. The Labute approximate surface area is 86.2 Å². The number of hydrogen-bond acceptors (Lipinski definition) is 1. The summed E-state index contributed by atoms with van der Waals surface area (Å²) >= 11 is 0. The maximum absolute atomic E-state index is 11.0. The van der Waals surface area contributed by atoms with Gasteiger partial charge in [-0.1, -0.05) is 44.2 Å². The Morgan fingerprint density at radius 2 is 2.21 bits per heavy atom. The van der Waals surface area contributed by atoms with Gasteiger partial charge in [0.15, 0.2) is 0 Å². The molecule has 0 heterocycles. The highest BCUT2D eigenvalue weighted by Gasteiger charge is 2.30. The lowest BCUT2D eigenvalue weighted by Crippen LogP contribution is -2.23. The standard InChI is InChI=1S/C13H18O/c1-9(2)11-7-13(4,5)6-10(3)12(11)8-14/h7-8,12H,1,3,6H2,2,4-5H3. The fourth-order valence-corrected chi connectivity index (χ4v) is 2.04. The molecule has 1 nitrogen and oxygen atoms in total. The van der Waals surface area contributed by atoms with Crippen LogP contribution in [0.2, 0.25) is 0 Å². The Kier molecular flexibility index (Phi) is 2.79. The van der Waals surface area contributed by atoms with Crippen LogP contribution in [-0.4, -0.2) is 6.29 Å². The third kappa shape index (κ3) is 2.03. The minimum atomic E-state index is -0.138. The van der Waals surface area contributed by atoms with Crippen molar-refractivity contribution in [1.82, 2.24) is 0 Å². The van der Waals surface area contributed by atoms with Crippen molar-refractivity contribution in [1.29, 1.82) is 0 Å². The van der Waals surface area contributed by atoms with Gasteiger partial charge in [0.05, 0.1) is 5.92 Å². The predicted octanol–water partition coefficient (Wildman–Crippen LogP) is 3.29. The summed E-state index contributed by atoms with van der Waals surface area (Å²) in [6.45, 7) is 14.1. The summed E-state index contributed by atoms with van der Waals surface area (Å²) in [7, 11) is 0. The van der Waals surface area contributed by atoms with Gasteiger partial charge in [0, 0.05) is 0 Å². The Morgan fingerprint density at radius 3 is 2.64 bits per heavy atom. The monoisotopic (exact) mass is 190 g/mol. The largest absolute Gasteiger partial charge is 0.302 e. The third-order valence-electron chi connectivity index (χ3n) is 2.63. The first kappa shape index (κ1) is 11.0. The summed E-state index contributed by atoms with van der Waals surface area (Å²) < 4.78 is 0. The molecule has 0 spiro atoms. The van der Waals surface area contributed by atoms with Crippen LogP contribution in [0.25, 0.3) is 0 Å². The number of rotatable bonds is 2. The molecule has 1 unspecified atom stereocenters. The van der Waals surface area contributed by atoms with Crippen molar-refractivity contribution in [3.8, 4) is 0 Å². The zero-order chi connectivity index (χ0) is 10.9. The van der Waals surface area contributed by atoms with Crippen LogP contribution in [-0.2, 0) is 4.79 Å². The van der Waals surface area contributed by atoms with E-state index in [2.05, 4.69) is 33.1 Å². The zero-order valence-electron chi connectivity index (χ0n) is 9.26. The second kappa shape index (κ2) is 3.56. The lowest BCUT2D eigenvalue weighted by atomic mass is 9.71. The SMILES string of the molecule is C=C(C)C1=CC(C)(C)CC(=C)C1C=O. The van der Waals surface area contributed by atoms with Crippen LogP contribution in [0.3, 0.4) is 0 Å². The van der Waals surface area contributed by atoms with Crippen molar-refractivity contribution in [2.45, 2.75) is 27.2 Å². The van der Waals surface area contributed by atoms with Crippen molar-refractivity contribution in [3.63, 3.8) is 0 Å². The summed E-state index contributed by atoms with van der Waals surface area (Å²) in [5.74, 6) is -0.138. The topological polar surface area (TPSA) is 17.1 Å². The lowest BCUT2D eigenvalue weighted by molar-refractivity contribution is -0.109. The molecular weight excluding hydrogens is 172 g/mol. The molecule has 0 aliphatic heterocycles. The van der Waals surface area contributed by atoms with Crippen molar-refractivity contribution >= 4 is 6.29 Å². The number of carbonyl (C=O) groups excluding carboxylic acids is 1. The molecule has 1 aliphatic rings. The van der Waals surface area contributed by atoms with E-state index in [1.165, 1.54) is 0 Å². The van der Waals surface area contributed by atoms with Gasteiger partial charge in [0.25, 0.3) is 0 Å². The van der Waals surface area contributed by atoms with Gasteiger partial charge in [-0.2, -0.15) is 0 Å². The molecule has 0 amide bonds. The highest BCUT2D eigenvalue weighted by atomic mass is 16.1. The Balaban J connectivity index is 3.17. The van der Waals surface area contributed by atoms with Crippen LogP contribution in [0.15, 0.2) is 36.0 Å². The molecule has 0 aromatic rings. The van der Waals surface area contributed by atoms with Gasteiger partial charge in [-0.3, -0.25) is 0 Å². The average molecular weight is 190 g/mol. The van der Waals surface area contributed by atoms with Gasteiger partial charge in [-0.05, 0) is 24.3 Å². The maximum atomic E-state index is 11.0. The molecule has 1 aliphatic carbocycles. The smallest absolute Gasteiger partial charge is 0.131 e. The predicted molar refractivity (Wildman–Crippen MR) is 60.0 cm³/mol. The second-order valence-corrected chi connectivity index (χ2v) is 4.82. The van der Waals surface area contributed by atoms with Crippen LogP contribution in [0.1, 0.15) is 27.2 Å². The van der Waals surface area contributed by atoms with E-state index >= 15 is 0 Å². The van der Waals surface area contributed by atoms with Gasteiger partial charge in [0.2, 0.25) is 0 Å². The lowest BCUT2D eigenvalue weighted by Gasteiger charge is -2.33. The number of aldehydes is 1. The summed E-state index contributed by atoms with van der Waals surface area (Å²) in [6.07, 6.45) is 4.01. The third-order valence-corrected chi connectivity index (χ3v) is 2.63. The maximum Gasteiger partial charge on any atom is 0.131 e. The molecule has 0 radical (unpaired) electrons. The van der Waals surface area contributed by atoms with Crippen molar-refractivity contribution in [2.75, 3.05) is 0 Å². The quantitative estimate of drug-likeness (QED) is 0.482. The fourth-order valence-electron chi connectivity index (χ4n) is 2.04. The first-order valence-electron chi connectivity index (χ1n) is 4.89. The van der Waals surface area contributed by atoms with Crippen LogP contribution < -0.4 is 0 Å². The Bertz CT molecular complexity index is 318. The van der Waals surface area contributed by atoms with E-state index in [1.807, 2.05) is 6.92 Å². The van der Waals surface area contributed by atoms with Crippen LogP contribution in [0, 0.1) is 11.3 Å². The minimum absolute atomic E-state index is 0.102. The average Bonchev–Trinajstić information content (AvgIpc) is 2.01. The molecule has 0 saturated heterocycles. The molecule has 0 bridgehead atoms. The highest BCUT2D eigenvalue weighted by molar-refractivity contribution is 5.68. The molecule has 0 N–H and O–H groups in total. The second-order valence-electron chi connectivity index (χ2n) is 4.82. The van der Waals surface area contributed by atoms with Crippen LogP contribution in [0.4, 0.5) is 0 Å². The van der Waals surface area contributed by atoms with E-state index < -0.39 is 0 Å². The Hall–Kier alpha value is -1.11. The molecule has 1 rings (SSSR count). The first-order chi connectivity index (χ1) is 6.37. The molecule has 14 heavy (non-hydrogen) atoms. The summed E-state index contributed by atoms with van der Waals surface area (Å²) in [5, 5.41) is 0. The highest BCUT2D eigenvalue weighted by Crippen LogP contribution is 2.40. The fraction of sp³-hybridized carbons (Fsp3) is 0.462. The van der Waals surface area contributed by atoms with Gasteiger partial charge >= 0.3 is 0 Å². The molecule has 1 heteroatoms. The van der Waals surface area contributed by atoms with E-state index in [0.29, 0.717) is 0 Å². The van der Waals surface area contributed by atoms with Gasteiger partial charge in [-0.15, -0.1) is 0 Å². The molecule has 0 aromatic carbocycles. The van der Waals surface area contributed by atoms with E-state index in [-0.39, 0.29) is 11.3 Å². The van der Waals surface area contributed by atoms with E-state index in [1.54, 1.807) is 0 Å². The molecular formula is C13H18O. The molecule has 0 saturated carbocycles. The minimum Gasteiger partial charge on any atom is -0.302 e. The number of allylic oxidation sites excluding steroid dienone is 4. The van der Waals surface area contributed by atoms with Crippen molar-refractivity contribution in [2.24, 2.45) is 11.3 Å². The molecule has 1 atom stereocenters. The summed E-state index contributed by atoms with van der Waals surface area (Å²) in [4.78, 5) is 11.0. The van der Waals surface area contributed by atoms with E-state index in [9.17, 15) is 4.79 Å². The summed E-state index contributed by atoms with van der Waals surface area (Å²) in [6, 6.07) is 0. The van der Waals surface area contributed by atoms with Gasteiger partial charge in [0.1, 0.15) is 6.29 Å². The van der Waals surface area contributed by atoms with Gasteiger partial charge in [-0.25, -0.2) is 0 Å². The van der Waals surface area contributed by atoms with Gasteiger partial charge < -0.3 is 4.79 Å². The first-order valence-corrected chi connectivity index (χ1v) is 4.89. The number of carbonyl (C=O) groups is 1. The van der Waals surface area contributed by atoms with E-state index in [4.69, 9.17) is 0 Å². The van der Waals surface area contributed by atoms with Crippen molar-refractivity contribution in [3.05, 3.63) is 36.0 Å². The molecule has 0 aromatic heterocycles.